The maximum Gasteiger partial charge on any atom is 0.130 e. The average molecular weight is 501 g/mol. The van der Waals surface area contributed by atoms with Crippen molar-refractivity contribution in [2.75, 3.05) is 31.2 Å². The summed E-state index contributed by atoms with van der Waals surface area (Å²) in [4.78, 5) is 16.2. The molecule has 4 rings (SSSR count). The average Bonchev–Trinajstić information content (AvgIpc) is 3.48. The summed E-state index contributed by atoms with van der Waals surface area (Å²) < 4.78 is 0. The zero-order valence-corrected chi connectivity index (χ0v) is 21.1. The standard InChI is InChI=1S/C13H20N4O.C7H7N3.C5H13NO.CH4/c1-8(2)11(6-18)15-5-9-3-4-10-12(9)16-7-17-13(10)14;8-7-5-2-1-3-6(5)9-4-10-7;1-4(2)5(6)3-7;/h3,7-8,11,15,18H,4-6H2,1-2H3,(H2,14,16,17);1,3-4H,2H2,(H2,8,9,10);4-5,7H,3,6H2,1-2H3;1H4/t11-;;5-;/m1.1./s1. The van der Waals surface area contributed by atoms with Crippen molar-refractivity contribution in [1.29, 1.82) is 0 Å². The Kier molecular flexibility index (Phi) is 13.2. The highest BCUT2D eigenvalue weighted by Crippen LogP contribution is 2.27. The first-order valence-electron chi connectivity index (χ1n) is 11.9. The lowest BCUT2D eigenvalue weighted by atomic mass is 10.0. The number of nitrogen functional groups attached to an aromatic ring is 2. The maximum absolute atomic E-state index is 9.28. The molecular weight excluding hydrogens is 456 g/mol. The molecule has 0 aliphatic heterocycles. The molecular formula is C26H44N8O2. The van der Waals surface area contributed by atoms with Gasteiger partial charge in [0.2, 0.25) is 0 Å². The van der Waals surface area contributed by atoms with Gasteiger partial charge in [-0.05, 0) is 36.3 Å². The molecule has 0 aromatic carbocycles. The van der Waals surface area contributed by atoms with Crippen LogP contribution in [0.3, 0.4) is 0 Å². The van der Waals surface area contributed by atoms with Crippen LogP contribution in [-0.2, 0) is 12.8 Å². The highest BCUT2D eigenvalue weighted by atomic mass is 16.3. The summed E-state index contributed by atoms with van der Waals surface area (Å²) in [6.45, 7) is 9.09. The predicted molar refractivity (Wildman–Crippen MR) is 148 cm³/mol. The topological polar surface area (TPSA) is 182 Å². The summed E-state index contributed by atoms with van der Waals surface area (Å²) in [5.41, 5.74) is 21.9. The molecule has 2 aromatic rings. The Morgan fingerprint density at radius 2 is 1.53 bits per heavy atom. The van der Waals surface area contributed by atoms with Gasteiger partial charge in [-0.25, -0.2) is 19.9 Å². The van der Waals surface area contributed by atoms with E-state index in [0.717, 1.165) is 40.9 Å². The molecule has 0 saturated carbocycles. The molecule has 2 heterocycles. The van der Waals surface area contributed by atoms with Crippen molar-refractivity contribution < 1.29 is 10.2 Å². The largest absolute Gasteiger partial charge is 0.395 e. The number of fused-ring (bicyclic) bond motifs is 2. The second-order valence-electron chi connectivity index (χ2n) is 9.25. The highest BCUT2D eigenvalue weighted by Gasteiger charge is 2.20. The molecule has 2 aromatic heterocycles. The number of hydrogen-bond donors (Lipinski definition) is 6. The van der Waals surface area contributed by atoms with Crippen LogP contribution >= 0.6 is 0 Å². The predicted octanol–water partition coefficient (Wildman–Crippen LogP) is 1.83. The Labute approximate surface area is 215 Å². The van der Waals surface area contributed by atoms with Crippen LogP contribution in [0.5, 0.6) is 0 Å². The normalized spacial score (nSPS) is 14.5. The highest BCUT2D eigenvalue weighted by molar-refractivity contribution is 5.74. The van der Waals surface area contributed by atoms with E-state index in [-0.39, 0.29) is 32.7 Å². The minimum atomic E-state index is -0.0417. The third-order valence-corrected chi connectivity index (χ3v) is 6.07. The van der Waals surface area contributed by atoms with E-state index < -0.39 is 0 Å². The number of aliphatic hydroxyl groups excluding tert-OH is 2. The van der Waals surface area contributed by atoms with Crippen molar-refractivity contribution in [2.24, 2.45) is 17.6 Å². The fraction of sp³-hybridized carbons (Fsp3) is 0.538. The Morgan fingerprint density at radius 3 is 2.06 bits per heavy atom. The number of aliphatic hydroxyl groups is 2. The molecule has 200 valence electrons. The van der Waals surface area contributed by atoms with Crippen LogP contribution in [0, 0.1) is 11.8 Å². The number of nitrogens with zero attached hydrogens (tertiary/aromatic N) is 4. The molecule has 0 fully saturated rings. The number of allylic oxidation sites excluding steroid dienone is 2. The van der Waals surface area contributed by atoms with Gasteiger partial charge in [-0.1, -0.05) is 47.3 Å². The first kappa shape index (κ1) is 31.1. The summed E-state index contributed by atoms with van der Waals surface area (Å²) in [7, 11) is 0. The Balaban J connectivity index is 0.000000303. The van der Waals surface area contributed by atoms with Gasteiger partial charge in [0.05, 0.1) is 24.6 Å². The van der Waals surface area contributed by atoms with E-state index >= 15 is 0 Å². The van der Waals surface area contributed by atoms with Gasteiger partial charge < -0.3 is 32.7 Å². The zero-order valence-electron chi connectivity index (χ0n) is 21.1. The second-order valence-corrected chi connectivity index (χ2v) is 9.25. The van der Waals surface area contributed by atoms with Crippen LogP contribution < -0.4 is 22.5 Å². The molecule has 0 spiro atoms. The van der Waals surface area contributed by atoms with Crippen LogP contribution in [-0.4, -0.2) is 62.0 Å². The number of nitrogens with one attached hydrogen (secondary N) is 1. The lowest BCUT2D eigenvalue weighted by molar-refractivity contribution is 0.215. The SMILES string of the molecule is C.CC(C)[C@@H](CO)NCC1=CCc2c(N)ncnc21.CC(C)[C@H](N)CO.Nc1ncnc2c1CC=C2. The van der Waals surface area contributed by atoms with Crippen LogP contribution in [0.1, 0.15) is 57.6 Å². The monoisotopic (exact) mass is 500 g/mol. The van der Waals surface area contributed by atoms with Gasteiger partial charge in [0, 0.05) is 29.8 Å². The summed E-state index contributed by atoms with van der Waals surface area (Å²) in [6.07, 6.45) is 10.8. The third kappa shape index (κ3) is 8.63. The van der Waals surface area contributed by atoms with Crippen molar-refractivity contribution in [3.8, 4) is 0 Å². The lowest BCUT2D eigenvalue weighted by Gasteiger charge is -2.20. The molecule has 2 aliphatic rings. The molecule has 10 heteroatoms. The maximum atomic E-state index is 9.28. The van der Waals surface area contributed by atoms with E-state index in [1.165, 1.54) is 12.7 Å². The zero-order chi connectivity index (χ0) is 26.0. The number of nitrogens with two attached hydrogens (primary N) is 3. The lowest BCUT2D eigenvalue weighted by Crippen LogP contribution is -2.37. The van der Waals surface area contributed by atoms with E-state index in [0.29, 0.717) is 30.0 Å². The van der Waals surface area contributed by atoms with Gasteiger partial charge >= 0.3 is 0 Å². The van der Waals surface area contributed by atoms with Gasteiger partial charge in [-0.3, -0.25) is 0 Å². The number of aromatic nitrogens is 4. The molecule has 0 radical (unpaired) electrons. The third-order valence-electron chi connectivity index (χ3n) is 6.07. The number of rotatable bonds is 7. The summed E-state index contributed by atoms with van der Waals surface area (Å²) >= 11 is 0. The van der Waals surface area contributed by atoms with Gasteiger partial charge in [0.1, 0.15) is 24.3 Å². The molecule has 10 nitrogen and oxygen atoms in total. The van der Waals surface area contributed by atoms with Gasteiger partial charge in [-0.2, -0.15) is 0 Å². The molecule has 0 saturated heterocycles. The molecule has 9 N–H and O–H groups in total. The minimum absolute atomic E-state index is 0. The Morgan fingerprint density at radius 1 is 0.889 bits per heavy atom. The van der Waals surface area contributed by atoms with Crippen molar-refractivity contribution in [1.82, 2.24) is 25.3 Å². The van der Waals surface area contributed by atoms with Crippen molar-refractivity contribution in [2.45, 2.75) is 60.0 Å². The van der Waals surface area contributed by atoms with Crippen LogP contribution in [0.4, 0.5) is 11.6 Å². The quantitative estimate of drug-likeness (QED) is 0.328. The fourth-order valence-electron chi connectivity index (χ4n) is 3.43. The minimum Gasteiger partial charge on any atom is -0.395 e. The first-order valence-corrected chi connectivity index (χ1v) is 11.9. The molecule has 0 bridgehead atoms. The Bertz CT molecular complexity index is 1010. The van der Waals surface area contributed by atoms with E-state index in [2.05, 4.69) is 45.2 Å². The van der Waals surface area contributed by atoms with Crippen molar-refractivity contribution in [3.05, 3.63) is 47.3 Å². The van der Waals surface area contributed by atoms with Crippen LogP contribution in [0.15, 0.2) is 24.8 Å². The van der Waals surface area contributed by atoms with Crippen LogP contribution in [0.2, 0.25) is 0 Å². The van der Waals surface area contributed by atoms with E-state index in [9.17, 15) is 5.11 Å². The molecule has 2 atom stereocenters. The van der Waals surface area contributed by atoms with Gasteiger partial charge in [-0.15, -0.1) is 0 Å². The summed E-state index contributed by atoms with van der Waals surface area (Å²) in [5, 5.41) is 21.0. The van der Waals surface area contributed by atoms with Crippen molar-refractivity contribution in [3.63, 3.8) is 0 Å². The number of hydrogen-bond acceptors (Lipinski definition) is 10. The molecule has 0 unspecified atom stereocenters. The number of anilines is 2. The summed E-state index contributed by atoms with van der Waals surface area (Å²) in [5.74, 6) is 1.96. The van der Waals surface area contributed by atoms with Crippen molar-refractivity contribution >= 4 is 23.3 Å². The first-order chi connectivity index (χ1) is 16.7. The second kappa shape index (κ2) is 15.2. The smallest absolute Gasteiger partial charge is 0.130 e. The molecule has 2 aliphatic carbocycles. The van der Waals surface area contributed by atoms with Crippen LogP contribution in [0.25, 0.3) is 11.6 Å². The Hall–Kier alpha value is -2.92. The fourth-order valence-corrected chi connectivity index (χ4v) is 3.43. The molecule has 0 amide bonds. The summed E-state index contributed by atoms with van der Waals surface area (Å²) in [6, 6.07) is 0.0640. The van der Waals surface area contributed by atoms with Gasteiger partial charge in [0.25, 0.3) is 0 Å². The molecule has 36 heavy (non-hydrogen) atoms. The van der Waals surface area contributed by atoms with E-state index in [1.807, 2.05) is 26.0 Å². The van der Waals surface area contributed by atoms with E-state index in [4.69, 9.17) is 22.3 Å². The van der Waals surface area contributed by atoms with Gasteiger partial charge in [0.15, 0.2) is 0 Å². The van der Waals surface area contributed by atoms with E-state index in [1.54, 1.807) is 0 Å².